The van der Waals surface area contributed by atoms with Gasteiger partial charge in [0.25, 0.3) is 0 Å². The van der Waals surface area contributed by atoms with Crippen LogP contribution in [0.5, 0.6) is 0 Å². The molecule has 4 heteroatoms. The first-order valence-electron chi connectivity index (χ1n) is 5.14. The van der Waals surface area contributed by atoms with E-state index in [0.29, 0.717) is 12.5 Å². The molecule has 1 amide bonds. The average molecular weight is 197 g/mol. The molecule has 1 aliphatic carbocycles. The first-order valence-corrected chi connectivity index (χ1v) is 5.14. The van der Waals surface area contributed by atoms with E-state index in [-0.39, 0.29) is 11.8 Å². The van der Waals surface area contributed by atoms with Crippen molar-refractivity contribution in [1.29, 1.82) is 0 Å². The lowest BCUT2D eigenvalue weighted by molar-refractivity contribution is -0.142. The summed E-state index contributed by atoms with van der Waals surface area (Å²) in [7, 11) is 0. The standard InChI is InChI=1S/C10H15NO3/c1-6-3-2-4-11(6)9(12)7-5-8(7)10(13)14/h6-8H,2-5H2,1H3,(H,13,14)/t6?,7-,8+/m1/s1. The van der Waals surface area contributed by atoms with Crippen LogP contribution in [0.25, 0.3) is 0 Å². The van der Waals surface area contributed by atoms with Gasteiger partial charge in [-0.15, -0.1) is 0 Å². The molecule has 78 valence electrons. The van der Waals surface area contributed by atoms with Crippen molar-refractivity contribution in [3.05, 3.63) is 0 Å². The third-order valence-electron chi connectivity index (χ3n) is 3.26. The largest absolute Gasteiger partial charge is 0.481 e. The Labute approximate surface area is 82.9 Å². The summed E-state index contributed by atoms with van der Waals surface area (Å²) >= 11 is 0. The fourth-order valence-corrected chi connectivity index (χ4v) is 2.21. The van der Waals surface area contributed by atoms with Crippen LogP contribution < -0.4 is 0 Å². The number of hydrogen-bond donors (Lipinski definition) is 1. The summed E-state index contributed by atoms with van der Waals surface area (Å²) in [5.41, 5.74) is 0. The second-order valence-corrected chi connectivity index (χ2v) is 4.31. The number of carboxylic acids is 1. The summed E-state index contributed by atoms with van der Waals surface area (Å²) in [6.07, 6.45) is 2.64. The Hall–Kier alpha value is -1.06. The molecular formula is C10H15NO3. The molecule has 3 atom stereocenters. The van der Waals surface area contributed by atoms with Crippen LogP contribution in [-0.4, -0.2) is 34.5 Å². The van der Waals surface area contributed by atoms with Gasteiger partial charge in [0, 0.05) is 12.6 Å². The molecule has 0 aromatic heterocycles. The fourth-order valence-electron chi connectivity index (χ4n) is 2.21. The number of likely N-dealkylation sites (tertiary alicyclic amines) is 1. The van der Waals surface area contributed by atoms with Crippen LogP contribution in [0, 0.1) is 11.8 Å². The highest BCUT2D eigenvalue weighted by Gasteiger charge is 2.50. The predicted molar refractivity (Wildman–Crippen MR) is 49.6 cm³/mol. The number of nitrogens with zero attached hydrogens (tertiary/aromatic N) is 1. The van der Waals surface area contributed by atoms with Gasteiger partial charge in [-0.25, -0.2) is 0 Å². The minimum absolute atomic E-state index is 0.0578. The Morgan fingerprint density at radius 2 is 2.07 bits per heavy atom. The summed E-state index contributed by atoms with van der Waals surface area (Å²) in [5, 5.41) is 8.71. The van der Waals surface area contributed by atoms with Gasteiger partial charge in [-0.2, -0.15) is 0 Å². The SMILES string of the molecule is CC1CCCN1C(=O)[C@@H]1C[C@@H]1C(=O)O. The number of aliphatic carboxylic acids is 1. The Morgan fingerprint density at radius 1 is 1.36 bits per heavy atom. The van der Waals surface area contributed by atoms with Crippen molar-refractivity contribution < 1.29 is 14.7 Å². The van der Waals surface area contributed by atoms with E-state index in [1.807, 2.05) is 11.8 Å². The number of rotatable bonds is 2. The summed E-state index contributed by atoms with van der Waals surface area (Å²) in [4.78, 5) is 24.2. The molecular weight excluding hydrogens is 182 g/mol. The number of carboxylic acid groups (broad SMARTS) is 1. The first kappa shape index (κ1) is 9.49. The van der Waals surface area contributed by atoms with Crippen molar-refractivity contribution in [1.82, 2.24) is 4.90 Å². The minimum Gasteiger partial charge on any atom is -0.481 e. The molecule has 1 unspecified atom stereocenters. The molecule has 1 aliphatic heterocycles. The van der Waals surface area contributed by atoms with E-state index in [9.17, 15) is 9.59 Å². The van der Waals surface area contributed by atoms with Gasteiger partial charge in [-0.05, 0) is 26.2 Å². The number of amides is 1. The van der Waals surface area contributed by atoms with Crippen LogP contribution in [0.2, 0.25) is 0 Å². The van der Waals surface area contributed by atoms with Crippen LogP contribution in [-0.2, 0) is 9.59 Å². The smallest absolute Gasteiger partial charge is 0.307 e. The Kier molecular flexibility index (Phi) is 2.21. The third kappa shape index (κ3) is 1.49. The van der Waals surface area contributed by atoms with Gasteiger partial charge in [0.1, 0.15) is 0 Å². The second kappa shape index (κ2) is 3.26. The topological polar surface area (TPSA) is 57.6 Å². The summed E-state index contributed by atoms with van der Waals surface area (Å²) in [5.74, 6) is -1.40. The number of carbonyl (C=O) groups excluding carboxylic acids is 1. The van der Waals surface area contributed by atoms with Crippen molar-refractivity contribution in [2.45, 2.75) is 32.2 Å². The molecule has 0 aromatic carbocycles. The van der Waals surface area contributed by atoms with Crippen molar-refractivity contribution in [2.24, 2.45) is 11.8 Å². The molecule has 0 aromatic rings. The Bertz CT molecular complexity index is 277. The molecule has 4 nitrogen and oxygen atoms in total. The van der Waals surface area contributed by atoms with E-state index in [2.05, 4.69) is 0 Å². The van der Waals surface area contributed by atoms with Gasteiger partial charge in [0.2, 0.25) is 5.91 Å². The van der Waals surface area contributed by atoms with Gasteiger partial charge in [0.15, 0.2) is 0 Å². The molecule has 2 aliphatic rings. The minimum atomic E-state index is -0.824. The number of hydrogen-bond acceptors (Lipinski definition) is 2. The van der Waals surface area contributed by atoms with E-state index in [4.69, 9.17) is 5.11 Å². The molecule has 0 radical (unpaired) electrons. The van der Waals surface area contributed by atoms with Gasteiger partial charge < -0.3 is 10.0 Å². The highest BCUT2D eigenvalue weighted by Crippen LogP contribution is 2.41. The molecule has 2 fully saturated rings. The lowest BCUT2D eigenvalue weighted by Crippen LogP contribution is -2.35. The Balaban J connectivity index is 1.94. The van der Waals surface area contributed by atoms with Crippen LogP contribution >= 0.6 is 0 Å². The van der Waals surface area contributed by atoms with Gasteiger partial charge in [-0.1, -0.05) is 0 Å². The molecule has 2 rings (SSSR count). The lowest BCUT2D eigenvalue weighted by Gasteiger charge is -2.21. The first-order chi connectivity index (χ1) is 6.61. The van der Waals surface area contributed by atoms with E-state index in [1.54, 1.807) is 0 Å². The molecule has 1 heterocycles. The van der Waals surface area contributed by atoms with Crippen LogP contribution in [0.15, 0.2) is 0 Å². The van der Waals surface area contributed by atoms with Crippen LogP contribution in [0.1, 0.15) is 26.2 Å². The van der Waals surface area contributed by atoms with Crippen molar-refractivity contribution >= 4 is 11.9 Å². The van der Waals surface area contributed by atoms with Gasteiger partial charge >= 0.3 is 5.97 Å². The average Bonchev–Trinajstić information content (AvgIpc) is 2.82. The van der Waals surface area contributed by atoms with E-state index in [0.717, 1.165) is 19.4 Å². The molecule has 14 heavy (non-hydrogen) atoms. The van der Waals surface area contributed by atoms with Crippen LogP contribution in [0.3, 0.4) is 0 Å². The highest BCUT2D eigenvalue weighted by atomic mass is 16.4. The predicted octanol–water partition coefficient (Wildman–Crippen LogP) is 0.718. The highest BCUT2D eigenvalue weighted by molar-refractivity contribution is 5.89. The molecule has 1 saturated heterocycles. The molecule has 0 bridgehead atoms. The molecule has 0 spiro atoms. The quantitative estimate of drug-likeness (QED) is 0.709. The zero-order valence-electron chi connectivity index (χ0n) is 8.27. The van der Waals surface area contributed by atoms with Gasteiger partial charge in [0.05, 0.1) is 11.8 Å². The normalized spacial score (nSPS) is 35.8. The second-order valence-electron chi connectivity index (χ2n) is 4.31. The number of carbonyl (C=O) groups is 2. The molecule has 1 N–H and O–H groups in total. The summed E-state index contributed by atoms with van der Waals surface area (Å²) in [6, 6.07) is 0.303. The zero-order valence-corrected chi connectivity index (χ0v) is 8.27. The fraction of sp³-hybridized carbons (Fsp3) is 0.800. The zero-order chi connectivity index (χ0) is 10.3. The lowest BCUT2D eigenvalue weighted by atomic mass is 10.2. The maximum atomic E-state index is 11.8. The van der Waals surface area contributed by atoms with Crippen molar-refractivity contribution in [3.63, 3.8) is 0 Å². The van der Waals surface area contributed by atoms with E-state index >= 15 is 0 Å². The monoisotopic (exact) mass is 197 g/mol. The summed E-state index contributed by atoms with van der Waals surface area (Å²) < 4.78 is 0. The maximum absolute atomic E-state index is 11.8. The molecule has 1 saturated carbocycles. The van der Waals surface area contributed by atoms with Crippen molar-refractivity contribution in [2.75, 3.05) is 6.54 Å². The third-order valence-corrected chi connectivity index (χ3v) is 3.26. The summed E-state index contributed by atoms with van der Waals surface area (Å²) in [6.45, 7) is 2.84. The van der Waals surface area contributed by atoms with Crippen LogP contribution in [0.4, 0.5) is 0 Å². The maximum Gasteiger partial charge on any atom is 0.307 e. The Morgan fingerprint density at radius 3 is 2.50 bits per heavy atom. The van der Waals surface area contributed by atoms with Gasteiger partial charge in [-0.3, -0.25) is 9.59 Å². The van der Waals surface area contributed by atoms with E-state index in [1.165, 1.54) is 0 Å². The van der Waals surface area contributed by atoms with Crippen molar-refractivity contribution in [3.8, 4) is 0 Å². The van der Waals surface area contributed by atoms with E-state index < -0.39 is 11.9 Å².